The lowest BCUT2D eigenvalue weighted by atomic mass is 10.2. The number of hydrogen-bond donors (Lipinski definition) is 2. The first-order chi connectivity index (χ1) is 11.3. The SMILES string of the molecule is COc1ccc(C)cc1NC(=S)Nc1cccc(OC(F)(F)F)c1. The topological polar surface area (TPSA) is 42.5 Å². The van der Waals surface area contributed by atoms with Crippen molar-refractivity contribution in [2.24, 2.45) is 0 Å². The van der Waals surface area contributed by atoms with Crippen LogP contribution in [0, 0.1) is 6.92 Å². The minimum atomic E-state index is -4.74. The maximum atomic E-state index is 12.2. The number of nitrogens with one attached hydrogen (secondary N) is 2. The van der Waals surface area contributed by atoms with Gasteiger partial charge in [0.2, 0.25) is 0 Å². The molecule has 0 aromatic heterocycles. The summed E-state index contributed by atoms with van der Waals surface area (Å²) in [5, 5.41) is 5.97. The van der Waals surface area contributed by atoms with E-state index in [-0.39, 0.29) is 10.9 Å². The van der Waals surface area contributed by atoms with Gasteiger partial charge in [-0.05, 0) is 49.0 Å². The van der Waals surface area contributed by atoms with Crippen molar-refractivity contribution in [3.05, 3.63) is 48.0 Å². The third kappa shape index (κ3) is 5.31. The molecule has 0 saturated carbocycles. The van der Waals surface area contributed by atoms with Gasteiger partial charge in [0.05, 0.1) is 12.8 Å². The van der Waals surface area contributed by atoms with E-state index >= 15 is 0 Å². The van der Waals surface area contributed by atoms with Crippen LogP contribution < -0.4 is 20.1 Å². The molecular weight excluding hydrogens is 341 g/mol. The zero-order chi connectivity index (χ0) is 17.7. The largest absolute Gasteiger partial charge is 0.573 e. The molecule has 0 aliphatic heterocycles. The van der Waals surface area contributed by atoms with E-state index in [4.69, 9.17) is 17.0 Å². The molecule has 2 N–H and O–H groups in total. The van der Waals surface area contributed by atoms with E-state index in [1.54, 1.807) is 12.1 Å². The van der Waals surface area contributed by atoms with E-state index < -0.39 is 6.36 Å². The Labute approximate surface area is 142 Å². The lowest BCUT2D eigenvalue weighted by Gasteiger charge is -2.15. The van der Waals surface area contributed by atoms with E-state index in [0.29, 0.717) is 17.1 Å². The number of halogens is 3. The second-order valence-corrected chi connectivity index (χ2v) is 5.27. The normalized spacial score (nSPS) is 10.9. The fourth-order valence-electron chi connectivity index (χ4n) is 1.98. The Bertz CT molecular complexity index is 736. The molecule has 0 radical (unpaired) electrons. The Morgan fingerprint density at radius 2 is 1.83 bits per heavy atom. The summed E-state index contributed by atoms with van der Waals surface area (Å²) < 4.78 is 45.9. The van der Waals surface area contributed by atoms with Gasteiger partial charge < -0.3 is 20.1 Å². The van der Waals surface area contributed by atoms with Gasteiger partial charge in [0.1, 0.15) is 11.5 Å². The van der Waals surface area contributed by atoms with Crippen LogP contribution >= 0.6 is 12.2 Å². The maximum absolute atomic E-state index is 12.2. The van der Waals surface area contributed by atoms with Gasteiger partial charge in [-0.2, -0.15) is 0 Å². The summed E-state index contributed by atoms with van der Waals surface area (Å²) in [5.74, 6) is 0.266. The lowest BCUT2D eigenvalue weighted by Crippen LogP contribution is -2.20. The first-order valence-electron chi connectivity index (χ1n) is 6.85. The van der Waals surface area contributed by atoms with Crippen molar-refractivity contribution in [1.82, 2.24) is 0 Å². The van der Waals surface area contributed by atoms with Crippen molar-refractivity contribution in [3.63, 3.8) is 0 Å². The average molecular weight is 356 g/mol. The highest BCUT2D eigenvalue weighted by Crippen LogP contribution is 2.27. The average Bonchev–Trinajstić information content (AvgIpc) is 2.46. The molecule has 8 heteroatoms. The van der Waals surface area contributed by atoms with Crippen molar-refractivity contribution in [2.75, 3.05) is 17.7 Å². The monoisotopic (exact) mass is 356 g/mol. The minimum Gasteiger partial charge on any atom is -0.495 e. The van der Waals surface area contributed by atoms with E-state index in [9.17, 15) is 13.2 Å². The Morgan fingerprint density at radius 1 is 1.08 bits per heavy atom. The Kier molecular flexibility index (Phi) is 5.50. The molecule has 0 amide bonds. The second-order valence-electron chi connectivity index (χ2n) is 4.86. The Balaban J connectivity index is 2.08. The van der Waals surface area contributed by atoms with Crippen LogP contribution in [0.4, 0.5) is 24.5 Å². The van der Waals surface area contributed by atoms with Crippen molar-refractivity contribution in [1.29, 1.82) is 0 Å². The summed E-state index contributed by atoms with van der Waals surface area (Å²) in [5.41, 5.74) is 2.01. The summed E-state index contributed by atoms with van der Waals surface area (Å²) >= 11 is 5.18. The van der Waals surface area contributed by atoms with Crippen molar-refractivity contribution in [3.8, 4) is 11.5 Å². The summed E-state index contributed by atoms with van der Waals surface area (Å²) in [4.78, 5) is 0. The first-order valence-corrected chi connectivity index (χ1v) is 7.26. The highest BCUT2D eigenvalue weighted by atomic mass is 32.1. The van der Waals surface area contributed by atoms with Crippen LogP contribution in [0.1, 0.15) is 5.56 Å². The number of methoxy groups -OCH3 is 1. The molecule has 0 aliphatic rings. The third-order valence-corrected chi connectivity index (χ3v) is 3.13. The molecule has 4 nitrogen and oxygen atoms in total. The third-order valence-electron chi connectivity index (χ3n) is 2.93. The number of ether oxygens (including phenoxy) is 2. The van der Waals surface area contributed by atoms with Crippen LogP contribution in [0.5, 0.6) is 11.5 Å². The van der Waals surface area contributed by atoms with Gasteiger partial charge in [-0.3, -0.25) is 0 Å². The first kappa shape index (κ1) is 17.9. The highest BCUT2D eigenvalue weighted by Gasteiger charge is 2.31. The van der Waals surface area contributed by atoms with Gasteiger partial charge in [-0.25, -0.2) is 0 Å². The summed E-state index contributed by atoms with van der Waals surface area (Å²) in [6, 6.07) is 10.9. The van der Waals surface area contributed by atoms with Gasteiger partial charge in [-0.15, -0.1) is 13.2 Å². The van der Waals surface area contributed by atoms with Crippen LogP contribution in [0.2, 0.25) is 0 Å². The standard InChI is InChI=1S/C16H15F3N2O2S/c1-10-6-7-14(22-2)13(8-10)21-15(24)20-11-4-3-5-12(9-11)23-16(17,18)19/h3-9H,1-2H3,(H2,20,21,24). The number of rotatable bonds is 4. The number of thiocarbonyl (C=S) groups is 1. The summed E-state index contributed by atoms with van der Waals surface area (Å²) in [7, 11) is 1.53. The molecule has 0 fully saturated rings. The summed E-state index contributed by atoms with van der Waals surface area (Å²) in [6.07, 6.45) is -4.74. The number of benzene rings is 2. The molecule has 0 saturated heterocycles. The lowest BCUT2D eigenvalue weighted by molar-refractivity contribution is -0.274. The minimum absolute atomic E-state index is 0.211. The van der Waals surface area contributed by atoms with Crippen LogP contribution in [-0.4, -0.2) is 18.6 Å². The molecule has 2 aromatic rings. The number of aryl methyl sites for hydroxylation is 1. The molecule has 128 valence electrons. The quantitative estimate of drug-likeness (QED) is 0.777. The van der Waals surface area contributed by atoms with Gasteiger partial charge in [0, 0.05) is 11.8 Å². The summed E-state index contributed by atoms with van der Waals surface area (Å²) in [6.45, 7) is 1.92. The van der Waals surface area contributed by atoms with Crippen LogP contribution in [0.15, 0.2) is 42.5 Å². The maximum Gasteiger partial charge on any atom is 0.573 e. The molecule has 2 aromatic carbocycles. The highest BCUT2D eigenvalue weighted by molar-refractivity contribution is 7.80. The van der Waals surface area contributed by atoms with Crippen LogP contribution in [0.25, 0.3) is 0 Å². The van der Waals surface area contributed by atoms with Crippen LogP contribution in [0.3, 0.4) is 0 Å². The predicted molar refractivity (Wildman–Crippen MR) is 90.7 cm³/mol. The molecule has 2 rings (SSSR count). The smallest absolute Gasteiger partial charge is 0.495 e. The molecule has 0 atom stereocenters. The van der Waals surface area contributed by atoms with Crippen LogP contribution in [-0.2, 0) is 0 Å². The second kappa shape index (κ2) is 7.39. The zero-order valence-corrected chi connectivity index (χ0v) is 13.7. The van der Waals surface area contributed by atoms with Gasteiger partial charge in [-0.1, -0.05) is 12.1 Å². The van der Waals surface area contributed by atoms with E-state index in [1.165, 1.54) is 25.3 Å². The van der Waals surface area contributed by atoms with Gasteiger partial charge in [0.25, 0.3) is 0 Å². The number of hydrogen-bond acceptors (Lipinski definition) is 3. The number of alkyl halides is 3. The molecule has 0 heterocycles. The van der Waals surface area contributed by atoms with E-state index in [1.807, 2.05) is 19.1 Å². The molecule has 0 aliphatic carbocycles. The fraction of sp³-hybridized carbons (Fsp3) is 0.188. The zero-order valence-electron chi connectivity index (χ0n) is 12.9. The van der Waals surface area contributed by atoms with Crippen molar-refractivity contribution < 1.29 is 22.6 Å². The van der Waals surface area contributed by atoms with Gasteiger partial charge in [0.15, 0.2) is 5.11 Å². The Hall–Kier alpha value is -2.48. The molecule has 0 bridgehead atoms. The molecule has 0 unspecified atom stereocenters. The molecule has 0 spiro atoms. The van der Waals surface area contributed by atoms with Gasteiger partial charge >= 0.3 is 6.36 Å². The van der Waals surface area contributed by atoms with E-state index in [0.717, 1.165) is 5.56 Å². The number of anilines is 2. The van der Waals surface area contributed by atoms with Crippen molar-refractivity contribution in [2.45, 2.75) is 13.3 Å². The molecule has 24 heavy (non-hydrogen) atoms. The van der Waals surface area contributed by atoms with E-state index in [2.05, 4.69) is 15.4 Å². The van der Waals surface area contributed by atoms with Crippen molar-refractivity contribution >= 4 is 28.7 Å². The predicted octanol–water partition coefficient (Wildman–Crippen LogP) is 4.71. The fourth-order valence-corrected chi connectivity index (χ4v) is 2.20. The Morgan fingerprint density at radius 3 is 2.50 bits per heavy atom. The molecular formula is C16H15F3N2O2S.